The Kier molecular flexibility index (Phi) is 3.89. The van der Waals surface area contributed by atoms with Gasteiger partial charge in [0.25, 0.3) is 0 Å². The van der Waals surface area contributed by atoms with Crippen molar-refractivity contribution in [3.8, 4) is 0 Å². The molecule has 0 saturated carbocycles. The first kappa shape index (κ1) is 14.4. The van der Waals surface area contributed by atoms with Crippen LogP contribution in [0.2, 0.25) is 10.0 Å². The molecule has 4 nitrogen and oxygen atoms in total. The summed E-state index contributed by atoms with van der Waals surface area (Å²) in [7, 11) is 0. The quantitative estimate of drug-likeness (QED) is 0.555. The van der Waals surface area contributed by atoms with Crippen molar-refractivity contribution in [1.82, 2.24) is 0 Å². The molecule has 0 N–H and O–H groups in total. The first-order valence-corrected chi connectivity index (χ1v) is 7.31. The zero-order chi connectivity index (χ0) is 15.0. The van der Waals surface area contributed by atoms with Crippen LogP contribution >= 0.6 is 39.1 Å². The number of esters is 1. The van der Waals surface area contributed by atoms with Crippen molar-refractivity contribution in [1.29, 1.82) is 0 Å². The summed E-state index contributed by atoms with van der Waals surface area (Å²) in [5, 5.41) is 0.848. The summed E-state index contributed by atoms with van der Waals surface area (Å²) in [4.78, 5) is 16.0. The molecule has 0 aliphatic carbocycles. The van der Waals surface area contributed by atoms with E-state index in [9.17, 15) is 4.79 Å². The fraction of sp³-hybridized carbons (Fsp3) is 0. The van der Waals surface area contributed by atoms with Crippen molar-refractivity contribution >= 4 is 57.1 Å². The van der Waals surface area contributed by atoms with Gasteiger partial charge in [0.15, 0.2) is 10.4 Å². The van der Waals surface area contributed by atoms with E-state index < -0.39 is 5.97 Å². The van der Waals surface area contributed by atoms with Gasteiger partial charge in [0.1, 0.15) is 5.76 Å². The lowest BCUT2D eigenvalue weighted by Gasteiger charge is -2.02. The van der Waals surface area contributed by atoms with Gasteiger partial charge < -0.3 is 9.15 Å². The second-order valence-electron chi connectivity index (χ2n) is 4.10. The largest absolute Gasteiger partial charge is 0.450 e. The van der Waals surface area contributed by atoms with Crippen LogP contribution in [0.1, 0.15) is 11.3 Å². The summed E-state index contributed by atoms with van der Waals surface area (Å²) in [6.07, 6.45) is 1.49. The number of aliphatic imine (C=N–C) groups is 1. The minimum Gasteiger partial charge on any atom is -0.450 e. The van der Waals surface area contributed by atoms with Gasteiger partial charge in [0, 0.05) is 11.1 Å². The number of rotatable bonds is 2. The molecule has 1 aromatic heterocycles. The van der Waals surface area contributed by atoms with Crippen molar-refractivity contribution in [2.75, 3.05) is 0 Å². The molecule has 3 rings (SSSR count). The number of halogens is 3. The Bertz CT molecular complexity index is 795. The monoisotopic (exact) mass is 385 g/mol. The fourth-order valence-corrected chi connectivity index (χ4v) is 2.54. The van der Waals surface area contributed by atoms with E-state index in [0.717, 1.165) is 0 Å². The van der Waals surface area contributed by atoms with E-state index in [-0.39, 0.29) is 11.6 Å². The molecule has 0 fully saturated rings. The third-order valence-electron chi connectivity index (χ3n) is 2.66. The molecule has 0 saturated heterocycles. The maximum atomic E-state index is 11.8. The molecule has 2 aromatic rings. The molecular weight excluding hydrogens is 381 g/mol. The van der Waals surface area contributed by atoms with Crippen LogP contribution in [0.3, 0.4) is 0 Å². The van der Waals surface area contributed by atoms with Gasteiger partial charge in [0.2, 0.25) is 5.90 Å². The molecule has 106 valence electrons. The average Bonchev–Trinajstić information content (AvgIpc) is 2.97. The molecule has 0 amide bonds. The Morgan fingerprint density at radius 1 is 1.19 bits per heavy atom. The van der Waals surface area contributed by atoms with Crippen LogP contribution in [0.5, 0.6) is 0 Å². The molecule has 0 unspecified atom stereocenters. The molecule has 7 heteroatoms. The third kappa shape index (κ3) is 3.05. The van der Waals surface area contributed by atoms with Crippen LogP contribution in [0.15, 0.2) is 50.1 Å². The van der Waals surface area contributed by atoms with Gasteiger partial charge in [-0.05, 0) is 46.3 Å². The summed E-state index contributed by atoms with van der Waals surface area (Å²) in [6, 6.07) is 8.26. The summed E-state index contributed by atoms with van der Waals surface area (Å²) in [6.45, 7) is 0. The number of cyclic esters (lactones) is 1. The first-order chi connectivity index (χ1) is 10.0. The summed E-state index contributed by atoms with van der Waals surface area (Å²) < 4.78 is 11.0. The maximum absolute atomic E-state index is 11.8. The maximum Gasteiger partial charge on any atom is 0.363 e. The van der Waals surface area contributed by atoms with Gasteiger partial charge in [-0.25, -0.2) is 9.79 Å². The fourth-order valence-electron chi connectivity index (χ4n) is 1.73. The summed E-state index contributed by atoms with van der Waals surface area (Å²) in [5.74, 6) is 0.0584. The van der Waals surface area contributed by atoms with E-state index >= 15 is 0 Å². The van der Waals surface area contributed by atoms with Crippen molar-refractivity contribution in [3.05, 3.63) is 62.1 Å². The Labute approximate surface area is 138 Å². The molecule has 0 bridgehead atoms. The first-order valence-electron chi connectivity index (χ1n) is 5.76. The van der Waals surface area contributed by atoms with Gasteiger partial charge in [-0.3, -0.25) is 0 Å². The van der Waals surface area contributed by atoms with E-state index in [4.69, 9.17) is 32.4 Å². The molecule has 1 aliphatic rings. The number of carbonyl (C=O) groups is 1. The highest BCUT2D eigenvalue weighted by Crippen LogP contribution is 2.26. The average molecular weight is 387 g/mol. The molecule has 0 atom stereocenters. The summed E-state index contributed by atoms with van der Waals surface area (Å²) >= 11 is 15.1. The van der Waals surface area contributed by atoms with E-state index in [1.54, 1.807) is 30.3 Å². The number of hydrogen-bond acceptors (Lipinski definition) is 4. The standard InChI is InChI=1S/C14H6BrCl2NO3/c15-12-4-2-8(20-12)6-11-14(19)21-13(18-11)9-3-1-7(16)5-10(9)17/h1-6H. The normalized spacial score (nSPS) is 16.2. The zero-order valence-corrected chi connectivity index (χ0v) is 13.4. The lowest BCUT2D eigenvalue weighted by molar-refractivity contribution is -0.129. The van der Waals surface area contributed by atoms with Crippen LogP contribution in [0, 0.1) is 0 Å². The van der Waals surface area contributed by atoms with Gasteiger partial charge >= 0.3 is 5.97 Å². The second-order valence-corrected chi connectivity index (χ2v) is 5.73. The molecule has 2 heterocycles. The van der Waals surface area contributed by atoms with Crippen molar-refractivity contribution in [2.45, 2.75) is 0 Å². The predicted octanol–water partition coefficient (Wildman–Crippen LogP) is 4.69. The van der Waals surface area contributed by atoms with Crippen LogP contribution in [0.4, 0.5) is 0 Å². The van der Waals surface area contributed by atoms with Crippen molar-refractivity contribution < 1.29 is 13.9 Å². The number of nitrogens with zero attached hydrogens (tertiary/aromatic N) is 1. The molecule has 1 aromatic carbocycles. The van der Waals surface area contributed by atoms with E-state index in [2.05, 4.69) is 20.9 Å². The molecule has 1 aliphatic heterocycles. The zero-order valence-electron chi connectivity index (χ0n) is 10.3. The number of carbonyl (C=O) groups excluding carboxylic acids is 1. The summed E-state index contributed by atoms with van der Waals surface area (Å²) in [5.41, 5.74) is 0.635. The lowest BCUT2D eigenvalue weighted by Crippen LogP contribution is -2.05. The van der Waals surface area contributed by atoms with Crippen LogP contribution in [-0.4, -0.2) is 11.9 Å². The van der Waals surface area contributed by atoms with E-state index in [1.165, 1.54) is 6.08 Å². The third-order valence-corrected chi connectivity index (χ3v) is 3.63. The minimum atomic E-state index is -0.566. The SMILES string of the molecule is O=C1OC(c2ccc(Cl)cc2Cl)=NC1=Cc1ccc(Br)o1. The van der Waals surface area contributed by atoms with Crippen LogP contribution in [0.25, 0.3) is 6.08 Å². The topological polar surface area (TPSA) is 51.8 Å². The Balaban J connectivity index is 1.97. The van der Waals surface area contributed by atoms with Gasteiger partial charge in [0.05, 0.1) is 10.6 Å². The molecule has 0 spiro atoms. The Morgan fingerprint density at radius 3 is 2.67 bits per heavy atom. The molecule has 21 heavy (non-hydrogen) atoms. The van der Waals surface area contributed by atoms with E-state index in [0.29, 0.717) is 26.0 Å². The molecular formula is C14H6BrCl2NO3. The van der Waals surface area contributed by atoms with Gasteiger partial charge in [-0.15, -0.1) is 0 Å². The number of benzene rings is 1. The van der Waals surface area contributed by atoms with E-state index in [1.807, 2.05) is 0 Å². The van der Waals surface area contributed by atoms with Crippen LogP contribution in [-0.2, 0) is 9.53 Å². The number of furan rings is 1. The number of ether oxygens (including phenoxy) is 1. The smallest absolute Gasteiger partial charge is 0.363 e. The lowest BCUT2D eigenvalue weighted by atomic mass is 10.2. The predicted molar refractivity (Wildman–Crippen MR) is 83.5 cm³/mol. The Hall–Kier alpha value is -1.56. The highest BCUT2D eigenvalue weighted by atomic mass is 79.9. The van der Waals surface area contributed by atoms with Gasteiger partial charge in [-0.2, -0.15) is 0 Å². The van der Waals surface area contributed by atoms with Crippen LogP contribution < -0.4 is 0 Å². The Morgan fingerprint density at radius 2 is 2.00 bits per heavy atom. The highest BCUT2D eigenvalue weighted by Gasteiger charge is 2.26. The van der Waals surface area contributed by atoms with Crippen molar-refractivity contribution in [2.24, 2.45) is 4.99 Å². The van der Waals surface area contributed by atoms with Crippen molar-refractivity contribution in [3.63, 3.8) is 0 Å². The second kappa shape index (κ2) is 5.67. The number of hydrogen-bond donors (Lipinski definition) is 0. The molecule has 0 radical (unpaired) electrons. The van der Waals surface area contributed by atoms with Gasteiger partial charge in [-0.1, -0.05) is 23.2 Å². The highest BCUT2D eigenvalue weighted by molar-refractivity contribution is 9.10. The minimum absolute atomic E-state index is 0.137.